The summed E-state index contributed by atoms with van der Waals surface area (Å²) in [5.41, 5.74) is 3.92. The van der Waals surface area contributed by atoms with Crippen LogP contribution >= 0.6 is 0 Å². The first kappa shape index (κ1) is 12.5. The molecule has 3 aromatic rings. The quantitative estimate of drug-likeness (QED) is 0.731. The summed E-state index contributed by atoms with van der Waals surface area (Å²) in [7, 11) is 3.29. The molecule has 4 nitrogen and oxygen atoms in total. The smallest absolute Gasteiger partial charge is 0.137 e. The summed E-state index contributed by atoms with van der Waals surface area (Å²) >= 11 is 0. The minimum atomic E-state index is 0.755. The van der Waals surface area contributed by atoms with E-state index in [0.29, 0.717) is 0 Å². The maximum absolute atomic E-state index is 5.44. The molecule has 20 heavy (non-hydrogen) atoms. The first-order chi connectivity index (χ1) is 9.72. The van der Waals surface area contributed by atoms with Crippen LogP contribution in [0.1, 0.15) is 5.69 Å². The van der Waals surface area contributed by atoms with Crippen molar-refractivity contribution in [3.05, 3.63) is 48.3 Å². The molecule has 0 unspecified atom stereocenters. The summed E-state index contributed by atoms with van der Waals surface area (Å²) in [5.74, 6) is 1.52. The Bertz CT molecular complexity index is 762. The van der Waals surface area contributed by atoms with E-state index in [1.807, 2.05) is 36.5 Å². The summed E-state index contributed by atoms with van der Waals surface area (Å²) in [6, 6.07) is 11.8. The lowest BCUT2D eigenvalue weighted by atomic mass is 10.1. The number of nitrogens with zero attached hydrogens (tertiary/aromatic N) is 2. The van der Waals surface area contributed by atoms with Crippen molar-refractivity contribution in [1.29, 1.82) is 0 Å². The number of methoxy groups -OCH3 is 2. The third-order valence-electron chi connectivity index (χ3n) is 3.38. The van der Waals surface area contributed by atoms with Crippen LogP contribution in [0.5, 0.6) is 11.5 Å². The Hall–Kier alpha value is -2.49. The normalized spacial score (nSPS) is 10.8. The number of ether oxygens (including phenoxy) is 2. The van der Waals surface area contributed by atoms with E-state index in [0.717, 1.165) is 34.1 Å². The Morgan fingerprint density at radius 3 is 2.60 bits per heavy atom. The molecule has 0 amide bonds. The van der Waals surface area contributed by atoms with Gasteiger partial charge in [0.1, 0.15) is 17.1 Å². The summed E-state index contributed by atoms with van der Waals surface area (Å²) in [4.78, 5) is 4.65. The van der Waals surface area contributed by atoms with Gasteiger partial charge in [-0.2, -0.15) is 0 Å². The molecule has 2 heterocycles. The van der Waals surface area contributed by atoms with Gasteiger partial charge in [-0.1, -0.05) is 6.07 Å². The van der Waals surface area contributed by atoms with Crippen LogP contribution in [0, 0.1) is 6.92 Å². The lowest BCUT2D eigenvalue weighted by Crippen LogP contribution is -1.90. The van der Waals surface area contributed by atoms with Gasteiger partial charge in [-0.25, -0.2) is 4.98 Å². The lowest BCUT2D eigenvalue weighted by molar-refractivity contribution is 0.395. The van der Waals surface area contributed by atoms with E-state index >= 15 is 0 Å². The van der Waals surface area contributed by atoms with Gasteiger partial charge in [0.25, 0.3) is 0 Å². The van der Waals surface area contributed by atoms with E-state index in [1.54, 1.807) is 14.2 Å². The van der Waals surface area contributed by atoms with Crippen LogP contribution in [-0.4, -0.2) is 23.6 Å². The van der Waals surface area contributed by atoms with Crippen molar-refractivity contribution in [3.8, 4) is 22.8 Å². The van der Waals surface area contributed by atoms with E-state index in [9.17, 15) is 0 Å². The van der Waals surface area contributed by atoms with Crippen LogP contribution in [0.3, 0.4) is 0 Å². The molecule has 0 aliphatic rings. The molecule has 102 valence electrons. The number of imidazole rings is 1. The van der Waals surface area contributed by atoms with Crippen molar-refractivity contribution < 1.29 is 9.47 Å². The fraction of sp³-hybridized carbons (Fsp3) is 0.188. The highest BCUT2D eigenvalue weighted by Crippen LogP contribution is 2.32. The number of hydrogen-bond donors (Lipinski definition) is 0. The summed E-state index contributed by atoms with van der Waals surface area (Å²) in [6.07, 6.45) is 2.02. The van der Waals surface area contributed by atoms with Gasteiger partial charge in [0.05, 0.1) is 19.9 Å². The molecule has 4 heteroatoms. The fourth-order valence-electron chi connectivity index (χ4n) is 2.29. The fourth-order valence-corrected chi connectivity index (χ4v) is 2.29. The highest BCUT2D eigenvalue weighted by atomic mass is 16.5. The van der Waals surface area contributed by atoms with Crippen LogP contribution < -0.4 is 9.47 Å². The van der Waals surface area contributed by atoms with E-state index in [-0.39, 0.29) is 0 Å². The highest BCUT2D eigenvalue weighted by Gasteiger charge is 2.11. The SMILES string of the molecule is COc1ccc(-c2cn3c(C)cccc3n2)c(OC)c1. The maximum atomic E-state index is 5.44. The standard InChI is InChI=1S/C16H16N2O2/c1-11-5-4-6-16-17-14(10-18(11)16)13-8-7-12(19-2)9-15(13)20-3/h4-10H,1-3H3. The second-order valence-electron chi connectivity index (χ2n) is 4.59. The number of aryl methyl sites for hydroxylation is 1. The molecule has 0 aliphatic carbocycles. The van der Waals surface area contributed by atoms with E-state index in [2.05, 4.69) is 22.4 Å². The van der Waals surface area contributed by atoms with Crippen LogP contribution in [0.2, 0.25) is 0 Å². The zero-order valence-corrected chi connectivity index (χ0v) is 11.8. The molecule has 0 aliphatic heterocycles. The van der Waals surface area contributed by atoms with Gasteiger partial charge >= 0.3 is 0 Å². The topological polar surface area (TPSA) is 35.8 Å². The minimum Gasteiger partial charge on any atom is -0.497 e. The molecule has 2 aromatic heterocycles. The number of rotatable bonds is 3. The summed E-state index contributed by atoms with van der Waals surface area (Å²) < 4.78 is 12.7. The zero-order chi connectivity index (χ0) is 14.1. The highest BCUT2D eigenvalue weighted by molar-refractivity contribution is 5.70. The average Bonchev–Trinajstić information content (AvgIpc) is 2.92. The number of fused-ring (bicyclic) bond motifs is 1. The number of pyridine rings is 1. The Morgan fingerprint density at radius 2 is 1.90 bits per heavy atom. The molecule has 0 saturated heterocycles. The van der Waals surface area contributed by atoms with Gasteiger partial charge in [0.2, 0.25) is 0 Å². The molecule has 3 rings (SSSR count). The first-order valence-corrected chi connectivity index (χ1v) is 6.40. The van der Waals surface area contributed by atoms with Crippen molar-refractivity contribution in [2.75, 3.05) is 14.2 Å². The largest absolute Gasteiger partial charge is 0.497 e. The number of hydrogen-bond acceptors (Lipinski definition) is 3. The molecular formula is C16H16N2O2. The number of benzene rings is 1. The van der Waals surface area contributed by atoms with Gasteiger partial charge in [-0.3, -0.25) is 0 Å². The van der Waals surface area contributed by atoms with Crippen molar-refractivity contribution in [1.82, 2.24) is 9.38 Å². The second-order valence-corrected chi connectivity index (χ2v) is 4.59. The lowest BCUT2D eigenvalue weighted by Gasteiger charge is -2.08. The van der Waals surface area contributed by atoms with Crippen LogP contribution in [0.25, 0.3) is 16.9 Å². The van der Waals surface area contributed by atoms with Crippen molar-refractivity contribution >= 4 is 5.65 Å². The molecule has 0 spiro atoms. The van der Waals surface area contributed by atoms with Gasteiger partial charge in [0.15, 0.2) is 0 Å². The molecule has 0 radical (unpaired) electrons. The van der Waals surface area contributed by atoms with Gasteiger partial charge in [0, 0.05) is 23.5 Å². The summed E-state index contributed by atoms with van der Waals surface area (Å²) in [6.45, 7) is 2.06. The predicted octanol–water partition coefficient (Wildman–Crippen LogP) is 3.33. The third kappa shape index (κ3) is 1.99. The predicted molar refractivity (Wildman–Crippen MR) is 78.5 cm³/mol. The third-order valence-corrected chi connectivity index (χ3v) is 3.38. The maximum Gasteiger partial charge on any atom is 0.137 e. The molecule has 0 fully saturated rings. The zero-order valence-electron chi connectivity index (χ0n) is 11.8. The molecule has 1 aromatic carbocycles. The molecule has 0 bridgehead atoms. The molecule has 0 atom stereocenters. The van der Waals surface area contributed by atoms with Crippen molar-refractivity contribution in [3.63, 3.8) is 0 Å². The Morgan fingerprint density at radius 1 is 1.05 bits per heavy atom. The van der Waals surface area contributed by atoms with Gasteiger partial charge in [-0.15, -0.1) is 0 Å². The first-order valence-electron chi connectivity index (χ1n) is 6.40. The van der Waals surface area contributed by atoms with Crippen LogP contribution in [-0.2, 0) is 0 Å². The molecular weight excluding hydrogens is 252 g/mol. The molecule has 0 N–H and O–H groups in total. The Labute approximate surface area is 117 Å². The average molecular weight is 268 g/mol. The Kier molecular flexibility index (Phi) is 3.06. The van der Waals surface area contributed by atoms with Crippen molar-refractivity contribution in [2.24, 2.45) is 0 Å². The van der Waals surface area contributed by atoms with Gasteiger partial charge < -0.3 is 13.9 Å². The second kappa shape index (κ2) is 4.89. The monoisotopic (exact) mass is 268 g/mol. The number of aromatic nitrogens is 2. The van der Waals surface area contributed by atoms with Crippen molar-refractivity contribution in [2.45, 2.75) is 6.92 Å². The Balaban J connectivity index is 2.17. The van der Waals surface area contributed by atoms with Crippen LogP contribution in [0.4, 0.5) is 0 Å². The molecule has 0 saturated carbocycles. The van der Waals surface area contributed by atoms with Gasteiger partial charge in [-0.05, 0) is 31.2 Å². The summed E-state index contributed by atoms with van der Waals surface area (Å²) in [5, 5.41) is 0. The van der Waals surface area contributed by atoms with Crippen LogP contribution in [0.15, 0.2) is 42.6 Å². The van der Waals surface area contributed by atoms with E-state index < -0.39 is 0 Å². The van der Waals surface area contributed by atoms with E-state index in [1.165, 1.54) is 0 Å². The van der Waals surface area contributed by atoms with E-state index in [4.69, 9.17) is 9.47 Å². The minimum absolute atomic E-state index is 0.755.